The van der Waals surface area contributed by atoms with Gasteiger partial charge in [-0.2, -0.15) is 0 Å². The molecule has 0 fully saturated rings. The van der Waals surface area contributed by atoms with Crippen LogP contribution in [0.1, 0.15) is 26.5 Å². The molecule has 0 amide bonds. The van der Waals surface area contributed by atoms with Gasteiger partial charge in [-0.25, -0.2) is 4.68 Å². The third kappa shape index (κ3) is 2.34. The van der Waals surface area contributed by atoms with Gasteiger partial charge in [0.25, 0.3) is 5.56 Å². The fourth-order valence-corrected chi connectivity index (χ4v) is 2.71. The van der Waals surface area contributed by atoms with E-state index in [0.717, 1.165) is 5.69 Å². The SMILES string of the molecule is Cn1c(C(C)(C)C)c(N)c(=O)n1-c1ccc(Cl)c(Cl)c1. The lowest BCUT2D eigenvalue weighted by atomic mass is 9.91. The number of nitrogen functional groups attached to an aromatic ring is 1. The molecular formula is C14H17Cl2N3O. The lowest BCUT2D eigenvalue weighted by molar-refractivity contribution is 0.501. The first kappa shape index (κ1) is 15.0. The molecule has 0 saturated heterocycles. The van der Waals surface area contributed by atoms with Crippen LogP contribution in [-0.4, -0.2) is 9.36 Å². The average Bonchev–Trinajstić information content (AvgIpc) is 2.54. The van der Waals surface area contributed by atoms with E-state index in [9.17, 15) is 4.79 Å². The van der Waals surface area contributed by atoms with Gasteiger partial charge in [0.15, 0.2) is 0 Å². The molecule has 2 N–H and O–H groups in total. The van der Waals surface area contributed by atoms with Crippen LogP contribution in [0.25, 0.3) is 5.69 Å². The summed E-state index contributed by atoms with van der Waals surface area (Å²) in [4.78, 5) is 12.4. The van der Waals surface area contributed by atoms with Crippen LogP contribution in [0.4, 0.5) is 5.69 Å². The normalized spacial score (nSPS) is 11.9. The summed E-state index contributed by atoms with van der Waals surface area (Å²) in [6, 6.07) is 5.05. The van der Waals surface area contributed by atoms with E-state index in [4.69, 9.17) is 28.9 Å². The van der Waals surface area contributed by atoms with Gasteiger partial charge in [0, 0.05) is 12.5 Å². The van der Waals surface area contributed by atoms with Crippen molar-refractivity contribution in [3.8, 4) is 5.69 Å². The first-order valence-corrected chi connectivity index (χ1v) is 6.93. The Bertz CT molecular complexity index is 723. The van der Waals surface area contributed by atoms with E-state index in [1.54, 1.807) is 29.9 Å². The molecule has 4 nitrogen and oxygen atoms in total. The predicted octanol–water partition coefficient (Wildman–Crippen LogP) is 3.36. The van der Waals surface area contributed by atoms with Crippen LogP contribution < -0.4 is 11.3 Å². The van der Waals surface area contributed by atoms with Crippen molar-refractivity contribution in [2.24, 2.45) is 7.05 Å². The second kappa shape index (κ2) is 4.86. The zero-order valence-corrected chi connectivity index (χ0v) is 13.4. The Morgan fingerprint density at radius 3 is 2.20 bits per heavy atom. The molecule has 6 heteroatoms. The van der Waals surface area contributed by atoms with Gasteiger partial charge in [-0.3, -0.25) is 9.48 Å². The molecule has 0 aliphatic carbocycles. The van der Waals surface area contributed by atoms with Crippen molar-refractivity contribution in [3.63, 3.8) is 0 Å². The summed E-state index contributed by atoms with van der Waals surface area (Å²) in [6.07, 6.45) is 0. The van der Waals surface area contributed by atoms with Gasteiger partial charge < -0.3 is 5.73 Å². The number of hydrogen-bond acceptors (Lipinski definition) is 2. The van der Waals surface area contributed by atoms with Crippen LogP contribution in [0.5, 0.6) is 0 Å². The highest BCUT2D eigenvalue weighted by molar-refractivity contribution is 6.42. The van der Waals surface area contributed by atoms with Crippen LogP contribution >= 0.6 is 23.2 Å². The number of anilines is 1. The molecule has 0 saturated carbocycles. The summed E-state index contributed by atoms with van der Waals surface area (Å²) in [7, 11) is 1.81. The Kier molecular flexibility index (Phi) is 3.65. The number of nitrogens with two attached hydrogens (primary N) is 1. The predicted molar refractivity (Wildman–Crippen MR) is 84.1 cm³/mol. The molecule has 0 atom stereocenters. The summed E-state index contributed by atoms with van der Waals surface area (Å²) in [6.45, 7) is 6.03. The first-order valence-electron chi connectivity index (χ1n) is 6.18. The van der Waals surface area contributed by atoms with E-state index >= 15 is 0 Å². The van der Waals surface area contributed by atoms with E-state index in [0.29, 0.717) is 15.7 Å². The molecule has 2 aromatic rings. The standard InChI is InChI=1S/C14H17Cl2N3O/c1-14(2,3)12-11(17)13(20)19(18(12)4)8-5-6-9(15)10(16)7-8/h5-7H,17H2,1-4H3. The molecule has 0 aliphatic heterocycles. The van der Waals surface area contributed by atoms with E-state index < -0.39 is 0 Å². The molecule has 0 radical (unpaired) electrons. The van der Waals surface area contributed by atoms with Crippen LogP contribution in [0, 0.1) is 0 Å². The quantitative estimate of drug-likeness (QED) is 0.877. The second-order valence-corrected chi connectivity index (χ2v) is 6.57. The van der Waals surface area contributed by atoms with Crippen LogP contribution in [0.15, 0.2) is 23.0 Å². The van der Waals surface area contributed by atoms with Gasteiger partial charge in [0.05, 0.1) is 21.4 Å². The Labute approximate surface area is 127 Å². The number of benzene rings is 1. The zero-order valence-electron chi connectivity index (χ0n) is 11.9. The molecular weight excluding hydrogens is 297 g/mol. The fraction of sp³-hybridized carbons (Fsp3) is 0.357. The van der Waals surface area contributed by atoms with Crippen molar-refractivity contribution in [2.45, 2.75) is 26.2 Å². The average molecular weight is 314 g/mol. The lowest BCUT2D eigenvalue weighted by Crippen LogP contribution is -2.22. The van der Waals surface area contributed by atoms with Gasteiger partial charge >= 0.3 is 0 Å². The molecule has 1 heterocycles. The summed E-state index contributed by atoms with van der Waals surface area (Å²) >= 11 is 11.9. The van der Waals surface area contributed by atoms with Gasteiger partial charge in [0.1, 0.15) is 5.69 Å². The van der Waals surface area contributed by atoms with Gasteiger partial charge in [-0.15, -0.1) is 0 Å². The lowest BCUT2D eigenvalue weighted by Gasteiger charge is -2.21. The minimum Gasteiger partial charge on any atom is -0.393 e. The first-order chi connectivity index (χ1) is 9.14. The third-order valence-corrected chi connectivity index (χ3v) is 3.90. The Morgan fingerprint density at radius 2 is 1.75 bits per heavy atom. The Balaban J connectivity index is 2.76. The monoisotopic (exact) mass is 313 g/mol. The molecule has 1 aromatic heterocycles. The molecule has 0 unspecified atom stereocenters. The smallest absolute Gasteiger partial charge is 0.294 e. The van der Waals surface area contributed by atoms with E-state index in [-0.39, 0.29) is 16.7 Å². The maximum Gasteiger partial charge on any atom is 0.294 e. The molecule has 0 aliphatic rings. The molecule has 108 valence electrons. The Hall–Kier alpha value is -1.39. The van der Waals surface area contributed by atoms with Crippen molar-refractivity contribution in [1.82, 2.24) is 9.36 Å². The number of halogens is 2. The topological polar surface area (TPSA) is 52.9 Å². The van der Waals surface area contributed by atoms with Crippen LogP contribution in [-0.2, 0) is 12.5 Å². The Morgan fingerprint density at radius 1 is 1.15 bits per heavy atom. The fourth-order valence-electron chi connectivity index (χ4n) is 2.42. The van der Waals surface area contributed by atoms with Crippen molar-refractivity contribution < 1.29 is 0 Å². The van der Waals surface area contributed by atoms with Gasteiger partial charge in [-0.05, 0) is 18.2 Å². The summed E-state index contributed by atoms with van der Waals surface area (Å²) < 4.78 is 3.26. The number of hydrogen-bond donors (Lipinski definition) is 1. The number of nitrogens with zero attached hydrogens (tertiary/aromatic N) is 2. The molecule has 2 rings (SSSR count). The minimum absolute atomic E-state index is 0.237. The van der Waals surface area contributed by atoms with Crippen molar-refractivity contribution in [1.29, 1.82) is 0 Å². The summed E-state index contributed by atoms with van der Waals surface area (Å²) in [5, 5.41) is 0.842. The number of rotatable bonds is 1. The highest BCUT2D eigenvalue weighted by Gasteiger charge is 2.26. The molecule has 20 heavy (non-hydrogen) atoms. The zero-order chi connectivity index (χ0) is 15.2. The minimum atomic E-state index is -0.254. The van der Waals surface area contributed by atoms with E-state index in [1.807, 2.05) is 20.8 Å². The van der Waals surface area contributed by atoms with Crippen molar-refractivity contribution in [3.05, 3.63) is 44.3 Å². The van der Waals surface area contributed by atoms with Gasteiger partial charge in [-0.1, -0.05) is 44.0 Å². The largest absolute Gasteiger partial charge is 0.393 e. The van der Waals surface area contributed by atoms with E-state index in [1.165, 1.54) is 4.68 Å². The second-order valence-electron chi connectivity index (χ2n) is 5.75. The maximum atomic E-state index is 12.4. The van der Waals surface area contributed by atoms with Crippen molar-refractivity contribution in [2.75, 3.05) is 5.73 Å². The molecule has 1 aromatic carbocycles. The van der Waals surface area contributed by atoms with Crippen LogP contribution in [0.3, 0.4) is 0 Å². The summed E-state index contributed by atoms with van der Waals surface area (Å²) in [5.41, 5.74) is 7.17. The third-order valence-electron chi connectivity index (χ3n) is 3.16. The van der Waals surface area contributed by atoms with E-state index in [2.05, 4.69) is 0 Å². The molecule has 0 spiro atoms. The highest BCUT2D eigenvalue weighted by atomic mass is 35.5. The van der Waals surface area contributed by atoms with Crippen LogP contribution in [0.2, 0.25) is 10.0 Å². The summed E-state index contributed by atoms with van der Waals surface area (Å²) in [5.74, 6) is 0. The van der Waals surface area contributed by atoms with Gasteiger partial charge in [0.2, 0.25) is 0 Å². The van der Waals surface area contributed by atoms with Crippen molar-refractivity contribution >= 4 is 28.9 Å². The maximum absolute atomic E-state index is 12.4. The number of aromatic nitrogens is 2. The molecule has 0 bridgehead atoms. The highest BCUT2D eigenvalue weighted by Crippen LogP contribution is 2.28.